The lowest BCUT2D eigenvalue weighted by atomic mass is 9.88. The van der Waals surface area contributed by atoms with Gasteiger partial charge >= 0.3 is 6.16 Å². The zero-order chi connectivity index (χ0) is 21.3. The summed E-state index contributed by atoms with van der Waals surface area (Å²) in [7, 11) is 0. The molecule has 0 spiro atoms. The van der Waals surface area contributed by atoms with Crippen LogP contribution in [0.3, 0.4) is 0 Å². The first-order chi connectivity index (χ1) is 13.6. The van der Waals surface area contributed by atoms with Gasteiger partial charge in [0.15, 0.2) is 0 Å². The number of rotatable bonds is 5. The summed E-state index contributed by atoms with van der Waals surface area (Å²) in [5.41, 5.74) is 4.00. The molecule has 0 saturated carbocycles. The van der Waals surface area contributed by atoms with Crippen LogP contribution in [-0.2, 0) is 25.6 Å². The van der Waals surface area contributed by atoms with Gasteiger partial charge in [-0.3, -0.25) is 14.4 Å². The topological polar surface area (TPSA) is 91.4 Å². The summed E-state index contributed by atoms with van der Waals surface area (Å²) in [6, 6.07) is 0. The molecule has 1 aromatic rings. The maximum atomic E-state index is 11.7. The van der Waals surface area contributed by atoms with Crippen LogP contribution in [0.1, 0.15) is 55.4 Å². The molecule has 158 valence electrons. The van der Waals surface area contributed by atoms with Crippen molar-refractivity contribution in [3.8, 4) is 11.5 Å². The highest BCUT2D eigenvalue weighted by molar-refractivity contribution is 6.01. The first-order valence-electron chi connectivity index (χ1n) is 9.75. The second kappa shape index (κ2) is 7.93. The van der Waals surface area contributed by atoms with Gasteiger partial charge in [0.25, 0.3) is 11.8 Å². The Labute approximate surface area is 170 Å². The minimum Gasteiger partial charge on any atom is -0.489 e. The van der Waals surface area contributed by atoms with Gasteiger partial charge in [0, 0.05) is 18.4 Å². The minimum atomic E-state index is -1.11. The number of benzene rings is 1. The zero-order valence-electron chi connectivity index (χ0n) is 17.5. The molecule has 2 amide bonds. The fourth-order valence-electron chi connectivity index (χ4n) is 3.59. The van der Waals surface area contributed by atoms with Gasteiger partial charge in [-0.2, -0.15) is 0 Å². The zero-order valence-corrected chi connectivity index (χ0v) is 17.5. The highest BCUT2D eigenvalue weighted by Crippen LogP contribution is 2.43. The summed E-state index contributed by atoms with van der Waals surface area (Å²) in [5.74, 6) is 0.587. The molecule has 2 aliphatic heterocycles. The van der Waals surface area contributed by atoms with Crippen LogP contribution in [0.5, 0.6) is 11.5 Å². The van der Waals surface area contributed by atoms with E-state index in [4.69, 9.17) is 14.2 Å². The molecule has 1 aromatic carbocycles. The molecule has 2 aliphatic rings. The van der Waals surface area contributed by atoms with Crippen LogP contribution in [0.2, 0.25) is 0 Å². The van der Waals surface area contributed by atoms with E-state index in [2.05, 4.69) is 18.7 Å². The van der Waals surface area contributed by atoms with Gasteiger partial charge in [-0.05, 0) is 64.2 Å². The van der Waals surface area contributed by atoms with E-state index in [1.165, 1.54) is 0 Å². The monoisotopic (exact) mass is 405 g/mol. The van der Waals surface area contributed by atoms with Gasteiger partial charge in [-0.1, -0.05) is 5.06 Å². The van der Waals surface area contributed by atoms with Crippen molar-refractivity contribution in [3.63, 3.8) is 0 Å². The van der Waals surface area contributed by atoms with Crippen LogP contribution < -0.4 is 9.47 Å². The Morgan fingerprint density at radius 2 is 1.66 bits per heavy atom. The Morgan fingerprint density at radius 3 is 2.31 bits per heavy atom. The van der Waals surface area contributed by atoms with Crippen molar-refractivity contribution in [2.75, 3.05) is 13.2 Å². The third-order valence-corrected chi connectivity index (χ3v) is 5.39. The number of nitrogens with zero attached hydrogens (tertiary/aromatic N) is 1. The number of fused-ring (bicyclic) bond motifs is 1. The summed E-state index contributed by atoms with van der Waals surface area (Å²) in [6.07, 6.45) is 0.791. The quantitative estimate of drug-likeness (QED) is 0.422. The van der Waals surface area contributed by atoms with Crippen LogP contribution in [0, 0.1) is 20.8 Å². The standard InChI is InChI=1S/C21H27NO7/c1-12-13(2)19-15(8-9-21(4,5)28-19)14(3)18(12)26-10-11-27-20(25)29-22-16(23)6-7-17(22)24/h6-11H2,1-5H3. The lowest BCUT2D eigenvalue weighted by Gasteiger charge is -2.35. The Kier molecular flexibility index (Phi) is 5.73. The molecule has 0 N–H and O–H groups in total. The van der Waals surface area contributed by atoms with E-state index >= 15 is 0 Å². The fourth-order valence-corrected chi connectivity index (χ4v) is 3.59. The Balaban J connectivity index is 1.59. The number of imide groups is 1. The van der Waals surface area contributed by atoms with Crippen LogP contribution >= 0.6 is 0 Å². The van der Waals surface area contributed by atoms with Crippen LogP contribution in [-0.4, -0.2) is 41.8 Å². The van der Waals surface area contributed by atoms with E-state index in [0.29, 0.717) is 5.06 Å². The molecule has 8 heteroatoms. The van der Waals surface area contributed by atoms with E-state index < -0.39 is 18.0 Å². The van der Waals surface area contributed by atoms with Crippen molar-refractivity contribution in [1.82, 2.24) is 5.06 Å². The first kappa shape index (κ1) is 21.0. The SMILES string of the molecule is Cc1c(C)c2c(c(C)c1OCCOC(=O)ON1C(=O)CCC1=O)CCC(C)(C)O2. The molecule has 8 nitrogen and oxygen atoms in total. The summed E-state index contributed by atoms with van der Waals surface area (Å²) in [6.45, 7) is 10.2. The van der Waals surface area contributed by atoms with Gasteiger partial charge in [0.2, 0.25) is 0 Å². The van der Waals surface area contributed by atoms with Gasteiger partial charge in [-0.15, -0.1) is 0 Å². The fraction of sp³-hybridized carbons (Fsp3) is 0.571. The number of hydrogen-bond donors (Lipinski definition) is 0. The molecule has 0 unspecified atom stereocenters. The number of carbonyl (C=O) groups is 3. The van der Waals surface area contributed by atoms with Gasteiger partial charge < -0.3 is 14.2 Å². The average molecular weight is 405 g/mol. The van der Waals surface area contributed by atoms with E-state index in [1.807, 2.05) is 20.8 Å². The van der Waals surface area contributed by atoms with E-state index in [-0.39, 0.29) is 31.7 Å². The molecular weight excluding hydrogens is 378 g/mol. The summed E-state index contributed by atoms with van der Waals surface area (Å²) in [4.78, 5) is 39.2. The van der Waals surface area contributed by atoms with Crippen molar-refractivity contribution >= 4 is 18.0 Å². The molecule has 1 fully saturated rings. The van der Waals surface area contributed by atoms with Crippen LogP contribution in [0.25, 0.3) is 0 Å². The maximum Gasteiger partial charge on any atom is 0.534 e. The number of amides is 2. The largest absolute Gasteiger partial charge is 0.534 e. The van der Waals surface area contributed by atoms with E-state index in [1.54, 1.807) is 0 Å². The molecule has 0 radical (unpaired) electrons. The van der Waals surface area contributed by atoms with Crippen molar-refractivity contribution in [2.45, 2.75) is 65.9 Å². The predicted octanol–water partition coefficient (Wildman–Crippen LogP) is 3.31. The highest BCUT2D eigenvalue weighted by atomic mass is 16.8. The predicted molar refractivity (Wildman–Crippen MR) is 103 cm³/mol. The van der Waals surface area contributed by atoms with Crippen molar-refractivity contribution in [2.24, 2.45) is 0 Å². The van der Waals surface area contributed by atoms with Gasteiger partial charge in [-0.25, -0.2) is 4.79 Å². The van der Waals surface area contributed by atoms with Crippen molar-refractivity contribution in [3.05, 3.63) is 22.3 Å². The lowest BCUT2D eigenvalue weighted by Crippen LogP contribution is -2.33. The van der Waals surface area contributed by atoms with E-state index in [0.717, 1.165) is 46.6 Å². The molecule has 1 saturated heterocycles. The first-order valence-corrected chi connectivity index (χ1v) is 9.75. The Morgan fingerprint density at radius 1 is 1.00 bits per heavy atom. The summed E-state index contributed by atoms with van der Waals surface area (Å²) in [5, 5.41) is 0.450. The molecule has 0 aliphatic carbocycles. The molecule has 29 heavy (non-hydrogen) atoms. The Hall–Kier alpha value is -2.77. The van der Waals surface area contributed by atoms with E-state index in [9.17, 15) is 14.4 Å². The van der Waals surface area contributed by atoms with Crippen molar-refractivity contribution in [1.29, 1.82) is 0 Å². The third kappa shape index (κ3) is 4.31. The summed E-state index contributed by atoms with van der Waals surface area (Å²) >= 11 is 0. The molecule has 0 bridgehead atoms. The average Bonchev–Trinajstić information content (AvgIpc) is 2.97. The normalized spacial score (nSPS) is 17.6. The number of ether oxygens (including phenoxy) is 3. The van der Waals surface area contributed by atoms with Crippen molar-refractivity contribution < 1.29 is 33.4 Å². The van der Waals surface area contributed by atoms with Crippen LogP contribution in [0.4, 0.5) is 4.79 Å². The summed E-state index contributed by atoms with van der Waals surface area (Å²) < 4.78 is 17.0. The third-order valence-electron chi connectivity index (χ3n) is 5.39. The van der Waals surface area contributed by atoms with Gasteiger partial charge in [0.05, 0.1) is 0 Å². The molecule has 0 aromatic heterocycles. The van der Waals surface area contributed by atoms with Gasteiger partial charge in [0.1, 0.15) is 30.3 Å². The molecular formula is C21H27NO7. The molecule has 0 atom stereocenters. The molecule has 3 rings (SSSR count). The molecule has 2 heterocycles. The maximum absolute atomic E-state index is 11.7. The number of hydrogen-bond acceptors (Lipinski definition) is 7. The lowest BCUT2D eigenvalue weighted by molar-refractivity contribution is -0.177. The number of hydroxylamine groups is 2. The second-order valence-corrected chi connectivity index (χ2v) is 7.99. The minimum absolute atomic E-state index is 0.0341. The number of carbonyl (C=O) groups excluding carboxylic acids is 3. The Bertz CT molecular complexity index is 843. The smallest absolute Gasteiger partial charge is 0.489 e. The highest BCUT2D eigenvalue weighted by Gasteiger charge is 2.33. The van der Waals surface area contributed by atoms with Crippen LogP contribution in [0.15, 0.2) is 0 Å². The second-order valence-electron chi connectivity index (χ2n) is 7.99.